The third-order valence-electron chi connectivity index (χ3n) is 1.87. The summed E-state index contributed by atoms with van der Waals surface area (Å²) in [6, 6.07) is 4.47. The highest BCUT2D eigenvalue weighted by molar-refractivity contribution is 9.10. The minimum Gasteiger partial charge on any atom is -0.435 e. The van der Waals surface area contributed by atoms with E-state index in [0.717, 1.165) is 18.2 Å². The van der Waals surface area contributed by atoms with Crippen LogP contribution in [-0.4, -0.2) is 4.98 Å². The molecule has 0 atom stereocenters. The summed E-state index contributed by atoms with van der Waals surface area (Å²) in [4.78, 5) is 3.85. The highest BCUT2D eigenvalue weighted by Gasteiger charge is 2.10. The van der Waals surface area contributed by atoms with Gasteiger partial charge in [-0.2, -0.15) is 0 Å². The molecular formula is C11H5BrClF2NO. The Bertz CT molecular complexity index is 565. The van der Waals surface area contributed by atoms with E-state index in [1.165, 1.54) is 6.20 Å². The number of benzene rings is 1. The van der Waals surface area contributed by atoms with Crippen LogP contribution in [0.25, 0.3) is 0 Å². The number of rotatable bonds is 2. The first-order chi connectivity index (χ1) is 8.06. The van der Waals surface area contributed by atoms with Crippen LogP contribution in [-0.2, 0) is 0 Å². The lowest BCUT2D eigenvalue weighted by Crippen LogP contribution is -1.92. The first-order valence-corrected chi connectivity index (χ1v) is 5.67. The van der Waals surface area contributed by atoms with Crippen molar-refractivity contribution in [3.05, 3.63) is 51.6 Å². The zero-order valence-electron chi connectivity index (χ0n) is 8.25. The Labute approximate surface area is 109 Å². The number of aromatic nitrogens is 1. The summed E-state index contributed by atoms with van der Waals surface area (Å²) in [6.45, 7) is 0. The van der Waals surface area contributed by atoms with Crippen LogP contribution in [0, 0.1) is 11.6 Å². The molecule has 0 aliphatic carbocycles. The lowest BCUT2D eigenvalue weighted by molar-refractivity contribution is 0.420. The van der Waals surface area contributed by atoms with Crippen molar-refractivity contribution >= 4 is 27.5 Å². The van der Waals surface area contributed by atoms with Crippen molar-refractivity contribution in [1.82, 2.24) is 4.98 Å². The Hall–Kier alpha value is -1.20. The first-order valence-electron chi connectivity index (χ1n) is 4.50. The van der Waals surface area contributed by atoms with Gasteiger partial charge in [0.15, 0.2) is 11.6 Å². The van der Waals surface area contributed by atoms with Crippen LogP contribution in [0.5, 0.6) is 11.6 Å². The zero-order valence-corrected chi connectivity index (χ0v) is 10.6. The normalized spacial score (nSPS) is 10.4. The van der Waals surface area contributed by atoms with Gasteiger partial charge in [0.2, 0.25) is 5.88 Å². The summed E-state index contributed by atoms with van der Waals surface area (Å²) in [5.74, 6) is -1.39. The van der Waals surface area contributed by atoms with Crippen molar-refractivity contribution in [2.24, 2.45) is 0 Å². The van der Waals surface area contributed by atoms with Crippen LogP contribution in [0.2, 0.25) is 5.02 Å². The smallest absolute Gasteiger partial charge is 0.233 e. The molecular weight excluding hydrogens is 315 g/mol. The molecule has 0 aliphatic heterocycles. The summed E-state index contributed by atoms with van der Waals surface area (Å²) in [5, 5.41) is 0.406. The second-order valence-corrected chi connectivity index (χ2v) is 4.41. The lowest BCUT2D eigenvalue weighted by atomic mass is 10.3. The molecule has 0 N–H and O–H groups in total. The first kappa shape index (κ1) is 12.3. The van der Waals surface area contributed by atoms with Crippen LogP contribution in [0.4, 0.5) is 8.78 Å². The quantitative estimate of drug-likeness (QED) is 0.809. The largest absolute Gasteiger partial charge is 0.435 e. The van der Waals surface area contributed by atoms with E-state index in [-0.39, 0.29) is 11.6 Å². The number of ether oxygens (including phenoxy) is 1. The fraction of sp³-hybridized carbons (Fsp3) is 0. The van der Waals surface area contributed by atoms with Crippen LogP contribution in [0.3, 0.4) is 0 Å². The molecule has 2 rings (SSSR count). The number of hydrogen-bond donors (Lipinski definition) is 0. The monoisotopic (exact) mass is 319 g/mol. The summed E-state index contributed by atoms with van der Waals surface area (Å²) in [7, 11) is 0. The van der Waals surface area contributed by atoms with Crippen LogP contribution in [0.15, 0.2) is 34.9 Å². The summed E-state index contributed by atoms with van der Waals surface area (Å²) < 4.78 is 31.8. The minimum atomic E-state index is -0.671. The van der Waals surface area contributed by atoms with Gasteiger partial charge in [-0.3, -0.25) is 0 Å². The molecule has 0 aliphatic rings. The molecule has 0 unspecified atom stereocenters. The van der Waals surface area contributed by atoms with Gasteiger partial charge < -0.3 is 4.74 Å². The van der Waals surface area contributed by atoms with Crippen molar-refractivity contribution in [1.29, 1.82) is 0 Å². The van der Waals surface area contributed by atoms with Gasteiger partial charge in [-0.1, -0.05) is 11.6 Å². The molecule has 1 heterocycles. The lowest BCUT2D eigenvalue weighted by Gasteiger charge is -2.07. The molecule has 17 heavy (non-hydrogen) atoms. The summed E-state index contributed by atoms with van der Waals surface area (Å²) >= 11 is 8.85. The topological polar surface area (TPSA) is 22.1 Å². The summed E-state index contributed by atoms with van der Waals surface area (Å²) in [6.07, 6.45) is 1.35. The van der Waals surface area contributed by atoms with Crippen LogP contribution < -0.4 is 4.74 Å². The van der Waals surface area contributed by atoms with Gasteiger partial charge in [0, 0.05) is 12.3 Å². The molecule has 2 nitrogen and oxygen atoms in total. The Morgan fingerprint density at radius 1 is 1.24 bits per heavy atom. The van der Waals surface area contributed by atoms with E-state index in [2.05, 4.69) is 20.9 Å². The molecule has 0 amide bonds. The number of halogens is 4. The van der Waals surface area contributed by atoms with Gasteiger partial charge in [-0.25, -0.2) is 13.8 Å². The van der Waals surface area contributed by atoms with E-state index in [4.69, 9.17) is 16.3 Å². The molecule has 0 radical (unpaired) electrons. The van der Waals surface area contributed by atoms with Crippen molar-refractivity contribution in [3.8, 4) is 11.6 Å². The molecule has 6 heteroatoms. The van der Waals surface area contributed by atoms with Crippen molar-refractivity contribution in [2.45, 2.75) is 0 Å². The predicted molar refractivity (Wildman–Crippen MR) is 63.4 cm³/mol. The fourth-order valence-electron chi connectivity index (χ4n) is 1.14. The Morgan fingerprint density at radius 2 is 2.00 bits per heavy atom. The number of pyridine rings is 1. The van der Waals surface area contributed by atoms with Gasteiger partial charge in [0.25, 0.3) is 0 Å². The van der Waals surface area contributed by atoms with Gasteiger partial charge >= 0.3 is 0 Å². The molecule has 0 fully saturated rings. The maximum absolute atomic E-state index is 13.3. The molecule has 1 aromatic carbocycles. The zero-order chi connectivity index (χ0) is 12.4. The van der Waals surface area contributed by atoms with E-state index in [1.54, 1.807) is 6.07 Å². The maximum atomic E-state index is 13.3. The third-order valence-corrected chi connectivity index (χ3v) is 2.65. The minimum absolute atomic E-state index is 0.110. The van der Waals surface area contributed by atoms with E-state index in [0.29, 0.717) is 9.50 Å². The molecule has 88 valence electrons. The molecule has 0 saturated carbocycles. The molecule has 0 bridgehead atoms. The molecule has 0 spiro atoms. The van der Waals surface area contributed by atoms with Crippen molar-refractivity contribution in [2.75, 3.05) is 0 Å². The number of nitrogens with zero attached hydrogens (tertiary/aromatic N) is 1. The summed E-state index contributed by atoms with van der Waals surface area (Å²) in [5.41, 5.74) is 0. The van der Waals surface area contributed by atoms with Crippen molar-refractivity contribution in [3.63, 3.8) is 0 Å². The average Bonchev–Trinajstić information content (AvgIpc) is 2.27. The second-order valence-electron chi connectivity index (χ2n) is 3.12. The molecule has 1 aromatic heterocycles. The van der Waals surface area contributed by atoms with Crippen LogP contribution in [0.1, 0.15) is 0 Å². The van der Waals surface area contributed by atoms with Gasteiger partial charge in [0.1, 0.15) is 5.82 Å². The Morgan fingerprint density at radius 3 is 2.71 bits per heavy atom. The maximum Gasteiger partial charge on any atom is 0.233 e. The molecule has 0 saturated heterocycles. The van der Waals surface area contributed by atoms with Gasteiger partial charge in [-0.15, -0.1) is 0 Å². The second kappa shape index (κ2) is 4.98. The highest BCUT2D eigenvalue weighted by atomic mass is 79.9. The molecule has 2 aromatic rings. The standard InChI is InChI=1S/C11H5BrClF2NO/c12-8-3-6(13)5-16-11(8)17-10-4-7(14)1-2-9(10)15/h1-5H. The SMILES string of the molecule is Fc1ccc(F)c(Oc2ncc(Cl)cc2Br)c1. The van der Waals surface area contributed by atoms with Gasteiger partial charge in [-0.05, 0) is 34.1 Å². The van der Waals surface area contributed by atoms with Crippen LogP contribution >= 0.6 is 27.5 Å². The number of hydrogen-bond acceptors (Lipinski definition) is 2. The van der Waals surface area contributed by atoms with E-state index in [1.807, 2.05) is 0 Å². The van der Waals surface area contributed by atoms with E-state index in [9.17, 15) is 8.78 Å². The predicted octanol–water partition coefficient (Wildman–Crippen LogP) is 4.57. The average molecular weight is 321 g/mol. The van der Waals surface area contributed by atoms with Gasteiger partial charge in [0.05, 0.1) is 9.50 Å². The highest BCUT2D eigenvalue weighted by Crippen LogP contribution is 2.30. The Kier molecular flexibility index (Phi) is 3.59. The van der Waals surface area contributed by atoms with E-state index >= 15 is 0 Å². The Balaban J connectivity index is 2.34. The van der Waals surface area contributed by atoms with Crippen molar-refractivity contribution < 1.29 is 13.5 Å². The van der Waals surface area contributed by atoms with E-state index < -0.39 is 11.6 Å². The third kappa shape index (κ3) is 2.92. The fourth-order valence-corrected chi connectivity index (χ4v) is 1.86.